The van der Waals surface area contributed by atoms with Crippen molar-refractivity contribution in [3.8, 4) is 10.4 Å². The summed E-state index contributed by atoms with van der Waals surface area (Å²) in [4.78, 5) is 33.3. The first-order valence-electron chi connectivity index (χ1n) is 10.5. The summed E-state index contributed by atoms with van der Waals surface area (Å²) in [6, 6.07) is 12.3. The topological polar surface area (TPSA) is 64.4 Å². The zero-order chi connectivity index (χ0) is 23.0. The maximum atomic E-state index is 13.4. The molecule has 0 fully saturated rings. The number of benzene rings is 1. The smallest absolute Gasteiger partial charge is 0.410 e. The van der Waals surface area contributed by atoms with Crippen molar-refractivity contribution in [1.29, 1.82) is 0 Å². The predicted octanol–water partition coefficient (Wildman–Crippen LogP) is 5.38. The molecule has 0 saturated heterocycles. The van der Waals surface area contributed by atoms with E-state index in [1.807, 2.05) is 45.9 Å². The Hall–Kier alpha value is -2.45. The third-order valence-corrected chi connectivity index (χ3v) is 7.00. The number of nitrogens with zero attached hydrogens (tertiary/aromatic N) is 3. The van der Waals surface area contributed by atoms with Gasteiger partial charge in [-0.25, -0.2) is 9.78 Å². The lowest BCUT2D eigenvalue weighted by molar-refractivity contribution is 0.0220. The van der Waals surface area contributed by atoms with Crippen molar-refractivity contribution < 1.29 is 9.53 Å². The molecule has 32 heavy (non-hydrogen) atoms. The van der Waals surface area contributed by atoms with E-state index in [4.69, 9.17) is 9.72 Å². The van der Waals surface area contributed by atoms with Crippen molar-refractivity contribution in [2.45, 2.75) is 52.8 Å². The number of hydrogen-bond acceptors (Lipinski definition) is 5. The number of amides is 1. The van der Waals surface area contributed by atoms with Crippen LogP contribution in [0.3, 0.4) is 0 Å². The Balaban J connectivity index is 1.63. The van der Waals surface area contributed by atoms with E-state index in [0.717, 1.165) is 19.8 Å². The molecule has 0 aliphatic carbocycles. The molecular formula is C24H26BrN3O3S. The van der Waals surface area contributed by atoms with E-state index in [-0.39, 0.29) is 11.7 Å². The Morgan fingerprint density at radius 2 is 1.97 bits per heavy atom. The molecule has 1 aliphatic heterocycles. The van der Waals surface area contributed by atoms with Crippen LogP contribution in [0.4, 0.5) is 4.79 Å². The fourth-order valence-electron chi connectivity index (χ4n) is 3.84. The molecule has 0 bridgehead atoms. The van der Waals surface area contributed by atoms with Crippen LogP contribution in [0.25, 0.3) is 10.4 Å². The van der Waals surface area contributed by atoms with Crippen molar-refractivity contribution in [3.05, 3.63) is 73.2 Å². The van der Waals surface area contributed by atoms with E-state index < -0.39 is 5.60 Å². The van der Waals surface area contributed by atoms with Gasteiger partial charge in [0.25, 0.3) is 5.56 Å². The number of fused-ring (bicyclic) bond motifs is 1. The Bertz CT molecular complexity index is 1230. The van der Waals surface area contributed by atoms with Gasteiger partial charge in [-0.1, -0.05) is 24.3 Å². The van der Waals surface area contributed by atoms with Crippen LogP contribution in [-0.4, -0.2) is 32.7 Å². The van der Waals surface area contributed by atoms with Crippen LogP contribution in [0.2, 0.25) is 0 Å². The van der Waals surface area contributed by atoms with Crippen molar-refractivity contribution in [3.63, 3.8) is 0 Å². The molecule has 0 N–H and O–H groups in total. The first-order valence-corrected chi connectivity index (χ1v) is 12.1. The Morgan fingerprint density at radius 1 is 1.22 bits per heavy atom. The van der Waals surface area contributed by atoms with Crippen LogP contribution in [0.15, 0.2) is 45.0 Å². The number of halogens is 1. The first-order chi connectivity index (χ1) is 15.1. The minimum absolute atomic E-state index is 0.0292. The van der Waals surface area contributed by atoms with E-state index in [2.05, 4.69) is 34.1 Å². The van der Waals surface area contributed by atoms with Gasteiger partial charge in [0.2, 0.25) is 0 Å². The Kier molecular flexibility index (Phi) is 6.27. The maximum absolute atomic E-state index is 13.4. The van der Waals surface area contributed by atoms with Crippen molar-refractivity contribution in [1.82, 2.24) is 14.5 Å². The molecule has 168 valence electrons. The highest BCUT2D eigenvalue weighted by atomic mass is 79.9. The summed E-state index contributed by atoms with van der Waals surface area (Å²) in [5.41, 5.74) is 2.94. The first kappa shape index (κ1) is 22.7. The van der Waals surface area contributed by atoms with Crippen LogP contribution in [-0.2, 0) is 24.2 Å². The molecule has 3 heterocycles. The van der Waals surface area contributed by atoms with E-state index in [1.165, 1.54) is 0 Å². The summed E-state index contributed by atoms with van der Waals surface area (Å²) in [7, 11) is 0. The van der Waals surface area contributed by atoms with Crippen LogP contribution in [0.1, 0.15) is 43.4 Å². The number of carbonyl (C=O) groups excluding carboxylic acids is 1. The van der Waals surface area contributed by atoms with Gasteiger partial charge < -0.3 is 9.64 Å². The second-order valence-corrected chi connectivity index (χ2v) is 11.4. The van der Waals surface area contributed by atoms with Gasteiger partial charge in [-0.3, -0.25) is 9.36 Å². The van der Waals surface area contributed by atoms with E-state index in [1.54, 1.807) is 20.8 Å². The summed E-state index contributed by atoms with van der Waals surface area (Å²) < 4.78 is 8.30. The lowest BCUT2D eigenvalue weighted by atomic mass is 10.0. The average molecular weight is 516 g/mol. The zero-order valence-corrected chi connectivity index (χ0v) is 21.0. The molecule has 0 spiro atoms. The third-order valence-electron chi connectivity index (χ3n) is 5.35. The normalized spacial score (nSPS) is 13.7. The maximum Gasteiger partial charge on any atom is 0.410 e. The number of aryl methyl sites for hydroxylation is 1. The summed E-state index contributed by atoms with van der Waals surface area (Å²) in [5.74, 6) is 0.641. The van der Waals surface area contributed by atoms with Gasteiger partial charge in [0.1, 0.15) is 11.4 Å². The highest BCUT2D eigenvalue weighted by Gasteiger charge is 2.28. The average Bonchev–Trinajstić information content (AvgIpc) is 3.16. The minimum Gasteiger partial charge on any atom is -0.444 e. The molecule has 1 aliphatic rings. The standard InChI is InChI=1S/C24H26BrN3O3S/c1-15-26-19-14-27(23(30)31-24(2,3)4)12-11-18(19)22(29)28(15)13-16-7-5-6-8-17(16)20-9-10-21(25)32-20/h5-10H,11-14H2,1-4H3. The van der Waals surface area contributed by atoms with Crippen LogP contribution >= 0.6 is 27.3 Å². The molecule has 0 radical (unpaired) electrons. The highest BCUT2D eigenvalue weighted by Crippen LogP contribution is 2.33. The summed E-state index contributed by atoms with van der Waals surface area (Å²) in [6.45, 7) is 8.57. The van der Waals surface area contributed by atoms with Crippen molar-refractivity contribution >= 4 is 33.4 Å². The monoisotopic (exact) mass is 515 g/mol. The zero-order valence-electron chi connectivity index (χ0n) is 18.6. The largest absolute Gasteiger partial charge is 0.444 e. The highest BCUT2D eigenvalue weighted by molar-refractivity contribution is 9.11. The van der Waals surface area contributed by atoms with E-state index in [9.17, 15) is 9.59 Å². The number of hydrogen-bond donors (Lipinski definition) is 0. The summed E-state index contributed by atoms with van der Waals surface area (Å²) in [5, 5.41) is 0. The second kappa shape index (κ2) is 8.83. The molecule has 1 aromatic carbocycles. The fourth-order valence-corrected chi connectivity index (χ4v) is 5.29. The van der Waals surface area contributed by atoms with Crippen LogP contribution in [0, 0.1) is 6.92 Å². The lowest BCUT2D eigenvalue weighted by Crippen LogP contribution is -2.43. The molecule has 0 atom stereocenters. The van der Waals surface area contributed by atoms with Gasteiger partial charge >= 0.3 is 6.09 Å². The lowest BCUT2D eigenvalue weighted by Gasteiger charge is -2.31. The van der Waals surface area contributed by atoms with E-state index in [0.29, 0.717) is 43.1 Å². The molecule has 0 saturated carbocycles. The number of ether oxygens (including phenoxy) is 1. The molecule has 1 amide bonds. The molecule has 3 aromatic rings. The summed E-state index contributed by atoms with van der Waals surface area (Å²) >= 11 is 5.20. The molecule has 6 nitrogen and oxygen atoms in total. The number of rotatable bonds is 3. The SMILES string of the molecule is Cc1nc2c(c(=O)n1Cc1ccccc1-c1ccc(Br)s1)CCN(C(=O)OC(C)(C)C)C2. The quantitative estimate of drug-likeness (QED) is 0.469. The molecule has 4 rings (SSSR count). The van der Waals surface area contributed by atoms with Crippen LogP contribution in [0.5, 0.6) is 0 Å². The van der Waals surface area contributed by atoms with Crippen LogP contribution < -0.4 is 5.56 Å². The second-order valence-electron chi connectivity index (χ2n) is 8.89. The summed E-state index contributed by atoms with van der Waals surface area (Å²) in [6.07, 6.45) is 0.100. The Morgan fingerprint density at radius 3 is 2.66 bits per heavy atom. The minimum atomic E-state index is -0.560. The number of aromatic nitrogens is 2. The predicted molar refractivity (Wildman–Crippen MR) is 130 cm³/mol. The number of thiophene rings is 1. The van der Waals surface area contributed by atoms with Gasteiger partial charge in [-0.2, -0.15) is 0 Å². The van der Waals surface area contributed by atoms with E-state index >= 15 is 0 Å². The van der Waals surface area contributed by atoms with Gasteiger partial charge in [0.15, 0.2) is 0 Å². The molecule has 8 heteroatoms. The fraction of sp³-hybridized carbons (Fsp3) is 0.375. The molecule has 0 unspecified atom stereocenters. The van der Waals surface area contributed by atoms with Gasteiger partial charge in [-0.15, -0.1) is 11.3 Å². The van der Waals surface area contributed by atoms with Crippen molar-refractivity contribution in [2.24, 2.45) is 0 Å². The van der Waals surface area contributed by atoms with Gasteiger partial charge in [0.05, 0.1) is 22.6 Å². The Labute approximate surface area is 200 Å². The molecular weight excluding hydrogens is 490 g/mol. The van der Waals surface area contributed by atoms with Gasteiger partial charge in [0, 0.05) is 17.0 Å². The van der Waals surface area contributed by atoms with Crippen molar-refractivity contribution in [2.75, 3.05) is 6.54 Å². The molecule has 2 aromatic heterocycles. The third kappa shape index (κ3) is 4.81. The number of carbonyl (C=O) groups is 1. The van der Waals surface area contributed by atoms with Gasteiger partial charge in [-0.05, 0) is 73.3 Å².